The highest BCUT2D eigenvalue weighted by atomic mass is 32.1. The van der Waals surface area contributed by atoms with Crippen LogP contribution in [0.1, 0.15) is 37.3 Å². The monoisotopic (exact) mass is 448 g/mol. The molecule has 2 heterocycles. The number of nitrogens with zero attached hydrogens (tertiary/aromatic N) is 4. The van der Waals surface area contributed by atoms with E-state index in [1.165, 1.54) is 11.1 Å². The molecule has 7 heteroatoms. The first kappa shape index (κ1) is 22.0. The van der Waals surface area contributed by atoms with Gasteiger partial charge in [-0.15, -0.1) is 0 Å². The van der Waals surface area contributed by atoms with E-state index in [0.717, 1.165) is 23.2 Å². The first-order chi connectivity index (χ1) is 15.5. The maximum Gasteiger partial charge on any atom is 0.266 e. The Kier molecular flexibility index (Phi) is 6.85. The van der Waals surface area contributed by atoms with E-state index in [2.05, 4.69) is 31.8 Å². The number of carbonyl (C=O) groups is 1. The highest BCUT2D eigenvalue weighted by Crippen LogP contribution is 2.30. The van der Waals surface area contributed by atoms with Gasteiger partial charge in [0.2, 0.25) is 0 Å². The average molecular weight is 449 g/mol. The van der Waals surface area contributed by atoms with Crippen molar-refractivity contribution in [3.8, 4) is 5.75 Å². The third kappa shape index (κ3) is 5.34. The van der Waals surface area contributed by atoms with E-state index in [1.807, 2.05) is 47.2 Å². The summed E-state index contributed by atoms with van der Waals surface area (Å²) in [5, 5.41) is 0.708. The summed E-state index contributed by atoms with van der Waals surface area (Å²) in [4.78, 5) is 23.7. The zero-order chi connectivity index (χ0) is 22.5. The first-order valence-corrected chi connectivity index (χ1v) is 11.7. The zero-order valence-electron chi connectivity index (χ0n) is 18.7. The van der Waals surface area contributed by atoms with Gasteiger partial charge in [0.15, 0.2) is 11.7 Å². The molecule has 0 fully saturated rings. The van der Waals surface area contributed by atoms with Crippen LogP contribution in [-0.2, 0) is 11.3 Å². The summed E-state index contributed by atoms with van der Waals surface area (Å²) in [6, 6.07) is 14.1. The van der Waals surface area contributed by atoms with Crippen LogP contribution in [-0.4, -0.2) is 33.6 Å². The summed E-state index contributed by atoms with van der Waals surface area (Å²) in [5.41, 5.74) is 3.33. The third-order valence-electron chi connectivity index (χ3n) is 5.33. The topological polar surface area (TPSA) is 60.2 Å². The van der Waals surface area contributed by atoms with Crippen molar-refractivity contribution < 1.29 is 9.53 Å². The molecule has 0 atom stereocenters. The van der Waals surface area contributed by atoms with Crippen LogP contribution in [0, 0.1) is 6.92 Å². The lowest BCUT2D eigenvalue weighted by atomic mass is 10.0. The summed E-state index contributed by atoms with van der Waals surface area (Å²) in [6.45, 7) is 7.68. The number of amides is 1. The van der Waals surface area contributed by atoms with Crippen LogP contribution >= 0.6 is 11.3 Å². The van der Waals surface area contributed by atoms with Crippen molar-refractivity contribution in [2.45, 2.75) is 39.7 Å². The fourth-order valence-corrected chi connectivity index (χ4v) is 4.57. The molecule has 0 bridgehead atoms. The van der Waals surface area contributed by atoms with E-state index < -0.39 is 0 Å². The number of benzene rings is 2. The molecule has 4 aromatic rings. The number of hydrogen-bond donors (Lipinski definition) is 0. The van der Waals surface area contributed by atoms with Gasteiger partial charge in [-0.3, -0.25) is 9.69 Å². The molecule has 4 rings (SSSR count). The van der Waals surface area contributed by atoms with Crippen molar-refractivity contribution in [2.24, 2.45) is 0 Å². The smallest absolute Gasteiger partial charge is 0.266 e. The van der Waals surface area contributed by atoms with Crippen LogP contribution in [0.3, 0.4) is 0 Å². The van der Waals surface area contributed by atoms with E-state index >= 15 is 0 Å². The summed E-state index contributed by atoms with van der Waals surface area (Å²) in [6.07, 6.45) is 6.27. The Morgan fingerprint density at radius 1 is 1.19 bits per heavy atom. The van der Waals surface area contributed by atoms with Crippen LogP contribution in [0.2, 0.25) is 0 Å². The van der Waals surface area contributed by atoms with E-state index in [0.29, 0.717) is 23.3 Å². The van der Waals surface area contributed by atoms with Gasteiger partial charge < -0.3 is 9.30 Å². The van der Waals surface area contributed by atoms with Crippen LogP contribution < -0.4 is 9.64 Å². The second-order valence-electron chi connectivity index (χ2n) is 8.18. The minimum Gasteiger partial charge on any atom is -0.484 e. The molecular weight excluding hydrogens is 420 g/mol. The second kappa shape index (κ2) is 9.96. The number of imidazole rings is 1. The van der Waals surface area contributed by atoms with Gasteiger partial charge in [0.1, 0.15) is 5.75 Å². The van der Waals surface area contributed by atoms with Gasteiger partial charge in [-0.25, -0.2) is 9.97 Å². The number of carbonyl (C=O) groups excluding carboxylic acids is 1. The molecule has 2 aromatic carbocycles. The summed E-state index contributed by atoms with van der Waals surface area (Å²) in [7, 11) is 0. The van der Waals surface area contributed by atoms with Gasteiger partial charge in [-0.2, -0.15) is 0 Å². The van der Waals surface area contributed by atoms with Crippen molar-refractivity contribution in [3.63, 3.8) is 0 Å². The Bertz CT molecular complexity index is 1170. The summed E-state index contributed by atoms with van der Waals surface area (Å²) in [5.74, 6) is 1.06. The van der Waals surface area contributed by atoms with Gasteiger partial charge in [0.25, 0.3) is 5.91 Å². The van der Waals surface area contributed by atoms with Crippen LogP contribution in [0.5, 0.6) is 5.75 Å². The fourth-order valence-electron chi connectivity index (χ4n) is 3.46. The Morgan fingerprint density at radius 3 is 2.72 bits per heavy atom. The third-order valence-corrected chi connectivity index (χ3v) is 6.37. The predicted octanol–water partition coefficient (Wildman–Crippen LogP) is 5.43. The van der Waals surface area contributed by atoms with Crippen LogP contribution in [0.25, 0.3) is 10.2 Å². The highest BCUT2D eigenvalue weighted by molar-refractivity contribution is 7.22. The minimum atomic E-state index is -0.0978. The van der Waals surface area contributed by atoms with E-state index in [-0.39, 0.29) is 12.5 Å². The summed E-state index contributed by atoms with van der Waals surface area (Å²) >= 11 is 1.54. The SMILES string of the molecule is Cc1ccc2nc(N(CCCn3ccnc3)C(=O)COc3ccc(C(C)C)cc3)sc2c1. The van der Waals surface area contributed by atoms with Crippen molar-refractivity contribution in [2.75, 3.05) is 18.1 Å². The average Bonchev–Trinajstić information content (AvgIpc) is 3.44. The Hall–Kier alpha value is -3.19. The first-order valence-electron chi connectivity index (χ1n) is 10.9. The number of hydrogen-bond acceptors (Lipinski definition) is 5. The molecule has 0 N–H and O–H groups in total. The minimum absolute atomic E-state index is 0.0267. The zero-order valence-corrected chi connectivity index (χ0v) is 19.5. The molecule has 0 radical (unpaired) electrons. The van der Waals surface area contributed by atoms with Gasteiger partial charge in [-0.1, -0.05) is 43.4 Å². The highest BCUT2D eigenvalue weighted by Gasteiger charge is 2.20. The Labute approximate surface area is 192 Å². The standard InChI is InChI=1S/C25H28N4O2S/c1-18(2)20-6-8-21(9-7-20)31-16-24(30)29(13-4-12-28-14-11-26-17-28)25-27-22-10-5-19(3)15-23(22)32-25/h5-11,14-15,17-18H,4,12-13,16H2,1-3H3. The molecule has 2 aromatic heterocycles. The largest absolute Gasteiger partial charge is 0.484 e. The number of ether oxygens (including phenoxy) is 1. The number of aryl methyl sites for hydroxylation is 2. The van der Waals surface area contributed by atoms with Crippen molar-refractivity contribution in [3.05, 3.63) is 72.3 Å². The molecular formula is C25H28N4O2S. The number of aromatic nitrogens is 3. The van der Waals surface area contributed by atoms with Crippen molar-refractivity contribution in [1.82, 2.24) is 14.5 Å². The van der Waals surface area contributed by atoms with E-state index in [4.69, 9.17) is 9.72 Å². The molecule has 0 aliphatic heterocycles. The number of thiazole rings is 1. The van der Waals surface area contributed by atoms with Crippen LogP contribution in [0.15, 0.2) is 61.2 Å². The van der Waals surface area contributed by atoms with Crippen molar-refractivity contribution >= 4 is 32.6 Å². The Balaban J connectivity index is 1.48. The fraction of sp³-hybridized carbons (Fsp3) is 0.320. The molecule has 6 nitrogen and oxygen atoms in total. The number of fused-ring (bicyclic) bond motifs is 1. The lowest BCUT2D eigenvalue weighted by Gasteiger charge is -2.20. The Morgan fingerprint density at radius 2 is 2.00 bits per heavy atom. The molecule has 0 saturated heterocycles. The maximum atomic E-state index is 13.2. The summed E-state index contributed by atoms with van der Waals surface area (Å²) < 4.78 is 8.91. The van der Waals surface area contributed by atoms with Crippen molar-refractivity contribution in [1.29, 1.82) is 0 Å². The number of rotatable bonds is 9. The quantitative estimate of drug-likeness (QED) is 0.343. The second-order valence-corrected chi connectivity index (χ2v) is 9.19. The van der Waals surface area contributed by atoms with Gasteiger partial charge >= 0.3 is 0 Å². The van der Waals surface area contributed by atoms with Crippen LogP contribution in [0.4, 0.5) is 5.13 Å². The molecule has 166 valence electrons. The normalized spacial score (nSPS) is 11.2. The molecule has 0 saturated carbocycles. The van der Waals surface area contributed by atoms with E-state index in [9.17, 15) is 4.79 Å². The molecule has 0 aliphatic rings. The lowest BCUT2D eigenvalue weighted by Crippen LogP contribution is -2.36. The van der Waals surface area contributed by atoms with Gasteiger partial charge in [-0.05, 0) is 54.7 Å². The molecule has 0 spiro atoms. The molecule has 0 unspecified atom stereocenters. The van der Waals surface area contributed by atoms with Gasteiger partial charge in [0, 0.05) is 25.5 Å². The molecule has 1 amide bonds. The maximum absolute atomic E-state index is 13.2. The number of anilines is 1. The molecule has 0 aliphatic carbocycles. The lowest BCUT2D eigenvalue weighted by molar-refractivity contribution is -0.120. The predicted molar refractivity (Wildman–Crippen MR) is 130 cm³/mol. The van der Waals surface area contributed by atoms with Gasteiger partial charge in [0.05, 0.1) is 16.5 Å². The van der Waals surface area contributed by atoms with E-state index in [1.54, 1.807) is 28.8 Å². The molecule has 32 heavy (non-hydrogen) atoms.